The summed E-state index contributed by atoms with van der Waals surface area (Å²) >= 11 is 0. The van der Waals surface area contributed by atoms with E-state index in [-0.39, 0.29) is 18.5 Å². The fourth-order valence-electron chi connectivity index (χ4n) is 1.02. The molecule has 4 heteroatoms. The van der Waals surface area contributed by atoms with Gasteiger partial charge in [-0.25, -0.2) is 13.2 Å². The smallest absolute Gasteiger partial charge is 0.159 e. The largest absolute Gasteiger partial charge is 0.330 e. The van der Waals surface area contributed by atoms with Crippen molar-refractivity contribution in [3.63, 3.8) is 0 Å². The van der Waals surface area contributed by atoms with E-state index < -0.39 is 17.8 Å². The van der Waals surface area contributed by atoms with Gasteiger partial charge < -0.3 is 5.73 Å². The van der Waals surface area contributed by atoms with Gasteiger partial charge in [0.1, 0.15) is 6.17 Å². The molecule has 0 saturated heterocycles. The van der Waals surface area contributed by atoms with Crippen molar-refractivity contribution in [1.82, 2.24) is 0 Å². The first-order valence-electron chi connectivity index (χ1n) is 3.94. The van der Waals surface area contributed by atoms with E-state index in [1.54, 1.807) is 0 Å². The van der Waals surface area contributed by atoms with Crippen LogP contribution in [0.25, 0.3) is 0 Å². The van der Waals surface area contributed by atoms with Crippen LogP contribution in [0.4, 0.5) is 13.2 Å². The summed E-state index contributed by atoms with van der Waals surface area (Å²) in [5, 5.41) is 0. The molecule has 13 heavy (non-hydrogen) atoms. The molecular formula is C9H10F3N. The first-order chi connectivity index (χ1) is 6.15. The molecule has 0 saturated carbocycles. The average Bonchev–Trinajstić information content (AvgIpc) is 2.10. The van der Waals surface area contributed by atoms with Gasteiger partial charge >= 0.3 is 0 Å². The maximum atomic E-state index is 13.1. The van der Waals surface area contributed by atoms with E-state index in [0.29, 0.717) is 0 Å². The first-order valence-corrected chi connectivity index (χ1v) is 3.94. The Balaban J connectivity index is 2.84. The molecule has 72 valence electrons. The van der Waals surface area contributed by atoms with Crippen molar-refractivity contribution in [3.8, 4) is 0 Å². The van der Waals surface area contributed by atoms with E-state index in [4.69, 9.17) is 5.73 Å². The molecular weight excluding hydrogens is 179 g/mol. The summed E-state index contributed by atoms with van der Waals surface area (Å²) in [5.74, 6) is -2.00. The molecule has 0 aromatic heterocycles. The Morgan fingerprint density at radius 1 is 1.23 bits per heavy atom. The molecule has 1 unspecified atom stereocenters. The molecule has 2 N–H and O–H groups in total. The van der Waals surface area contributed by atoms with Crippen LogP contribution < -0.4 is 5.73 Å². The van der Waals surface area contributed by atoms with Crippen molar-refractivity contribution >= 4 is 0 Å². The molecule has 0 radical (unpaired) electrons. The fourth-order valence-corrected chi connectivity index (χ4v) is 1.02. The minimum Gasteiger partial charge on any atom is -0.330 e. The lowest BCUT2D eigenvalue weighted by Crippen LogP contribution is -2.04. The molecule has 1 aromatic rings. The molecule has 0 spiro atoms. The maximum Gasteiger partial charge on any atom is 0.159 e. The van der Waals surface area contributed by atoms with Crippen LogP contribution in [-0.4, -0.2) is 6.54 Å². The van der Waals surface area contributed by atoms with E-state index in [9.17, 15) is 13.2 Å². The molecule has 0 aliphatic rings. The summed E-state index contributed by atoms with van der Waals surface area (Å²) in [6, 6.07) is 2.99. The highest BCUT2D eigenvalue weighted by atomic mass is 19.2. The topological polar surface area (TPSA) is 26.0 Å². The van der Waals surface area contributed by atoms with E-state index in [1.165, 1.54) is 6.07 Å². The lowest BCUT2D eigenvalue weighted by Gasteiger charge is -2.06. The van der Waals surface area contributed by atoms with Crippen molar-refractivity contribution in [2.24, 2.45) is 5.73 Å². The van der Waals surface area contributed by atoms with Crippen LogP contribution in [-0.2, 0) is 0 Å². The second kappa shape index (κ2) is 4.28. The predicted molar refractivity (Wildman–Crippen MR) is 43.9 cm³/mol. The van der Waals surface area contributed by atoms with E-state index in [0.717, 1.165) is 12.1 Å². The second-order valence-corrected chi connectivity index (χ2v) is 2.72. The van der Waals surface area contributed by atoms with Gasteiger partial charge in [-0.1, -0.05) is 6.07 Å². The Labute approximate surface area is 74.4 Å². The van der Waals surface area contributed by atoms with E-state index >= 15 is 0 Å². The fraction of sp³-hybridized carbons (Fsp3) is 0.333. The summed E-state index contributed by atoms with van der Waals surface area (Å²) < 4.78 is 38.1. The van der Waals surface area contributed by atoms with Gasteiger partial charge in [0.25, 0.3) is 0 Å². The van der Waals surface area contributed by atoms with Gasteiger partial charge in [-0.2, -0.15) is 0 Å². The normalized spacial score (nSPS) is 12.9. The zero-order chi connectivity index (χ0) is 9.84. The van der Waals surface area contributed by atoms with Crippen LogP contribution in [0.3, 0.4) is 0 Å². The zero-order valence-electron chi connectivity index (χ0n) is 6.93. The SMILES string of the molecule is NCCC(F)c1ccc(F)c(F)c1. The monoisotopic (exact) mass is 189 g/mol. The van der Waals surface area contributed by atoms with Crippen molar-refractivity contribution < 1.29 is 13.2 Å². The van der Waals surface area contributed by atoms with Crippen LogP contribution in [0.1, 0.15) is 18.2 Å². The standard InChI is InChI=1S/C9H10F3N/c10-7(3-4-13)6-1-2-8(11)9(12)5-6/h1-2,5,7H,3-4,13H2. The number of hydrogen-bond acceptors (Lipinski definition) is 1. The third-order valence-corrected chi connectivity index (χ3v) is 1.73. The Bertz CT molecular complexity index is 288. The lowest BCUT2D eigenvalue weighted by molar-refractivity contribution is 0.325. The van der Waals surface area contributed by atoms with Crippen molar-refractivity contribution in [3.05, 3.63) is 35.4 Å². The van der Waals surface area contributed by atoms with Crippen LogP contribution in [0.15, 0.2) is 18.2 Å². The minimum atomic E-state index is -1.32. The zero-order valence-corrected chi connectivity index (χ0v) is 6.93. The van der Waals surface area contributed by atoms with Gasteiger partial charge in [0.2, 0.25) is 0 Å². The summed E-state index contributed by atoms with van der Waals surface area (Å²) in [6.07, 6.45) is -1.20. The molecule has 0 fully saturated rings. The number of rotatable bonds is 3. The van der Waals surface area contributed by atoms with Crippen LogP contribution >= 0.6 is 0 Å². The van der Waals surface area contributed by atoms with Gasteiger partial charge in [-0.15, -0.1) is 0 Å². The number of hydrogen-bond donors (Lipinski definition) is 1. The molecule has 0 aliphatic carbocycles. The summed E-state index contributed by atoms with van der Waals surface area (Å²) in [5.41, 5.74) is 5.26. The highest BCUT2D eigenvalue weighted by Crippen LogP contribution is 2.21. The maximum absolute atomic E-state index is 13.1. The van der Waals surface area contributed by atoms with Crippen LogP contribution in [0.5, 0.6) is 0 Å². The predicted octanol–water partition coefficient (Wildman–Crippen LogP) is 2.32. The van der Waals surface area contributed by atoms with Crippen molar-refractivity contribution in [2.75, 3.05) is 6.54 Å². The third-order valence-electron chi connectivity index (χ3n) is 1.73. The Hall–Kier alpha value is -1.03. The summed E-state index contributed by atoms with van der Waals surface area (Å²) in [7, 11) is 0. The first kappa shape index (κ1) is 10.1. The Morgan fingerprint density at radius 3 is 2.46 bits per heavy atom. The molecule has 1 rings (SSSR count). The molecule has 0 amide bonds. The third kappa shape index (κ3) is 2.45. The lowest BCUT2D eigenvalue weighted by atomic mass is 10.1. The molecule has 0 bridgehead atoms. The number of halogens is 3. The van der Waals surface area contributed by atoms with Gasteiger partial charge in [0, 0.05) is 0 Å². The van der Waals surface area contributed by atoms with Crippen LogP contribution in [0, 0.1) is 11.6 Å². The van der Waals surface area contributed by atoms with Crippen LogP contribution in [0.2, 0.25) is 0 Å². The average molecular weight is 189 g/mol. The molecule has 1 aromatic carbocycles. The van der Waals surface area contributed by atoms with Crippen molar-refractivity contribution in [2.45, 2.75) is 12.6 Å². The second-order valence-electron chi connectivity index (χ2n) is 2.72. The van der Waals surface area contributed by atoms with Crippen molar-refractivity contribution in [1.29, 1.82) is 0 Å². The number of benzene rings is 1. The minimum absolute atomic E-state index is 0.116. The summed E-state index contributed by atoms with van der Waals surface area (Å²) in [4.78, 5) is 0. The molecule has 0 heterocycles. The Morgan fingerprint density at radius 2 is 1.92 bits per heavy atom. The Kier molecular flexibility index (Phi) is 3.31. The van der Waals surface area contributed by atoms with Gasteiger partial charge in [-0.3, -0.25) is 0 Å². The van der Waals surface area contributed by atoms with E-state index in [1.807, 2.05) is 0 Å². The van der Waals surface area contributed by atoms with Gasteiger partial charge in [0.15, 0.2) is 11.6 Å². The van der Waals surface area contributed by atoms with Gasteiger partial charge in [0.05, 0.1) is 0 Å². The number of nitrogens with two attached hydrogens (primary N) is 1. The number of alkyl halides is 1. The highest BCUT2D eigenvalue weighted by molar-refractivity contribution is 5.20. The van der Waals surface area contributed by atoms with E-state index in [2.05, 4.69) is 0 Å². The quantitative estimate of drug-likeness (QED) is 0.775. The van der Waals surface area contributed by atoms with Gasteiger partial charge in [-0.05, 0) is 30.7 Å². The highest BCUT2D eigenvalue weighted by Gasteiger charge is 2.11. The summed E-state index contributed by atoms with van der Waals surface area (Å²) in [6.45, 7) is 0.181. The molecule has 1 nitrogen and oxygen atoms in total. The molecule has 0 aliphatic heterocycles. The molecule has 1 atom stereocenters.